The summed E-state index contributed by atoms with van der Waals surface area (Å²) in [5.74, 6) is 1.61. The van der Waals surface area contributed by atoms with E-state index in [9.17, 15) is 4.39 Å². The first-order valence-electron chi connectivity index (χ1n) is 11.6. The summed E-state index contributed by atoms with van der Waals surface area (Å²) >= 11 is 0. The maximum absolute atomic E-state index is 14.0. The predicted octanol–water partition coefficient (Wildman–Crippen LogP) is 4.10. The Kier molecular flexibility index (Phi) is 6.34. The van der Waals surface area contributed by atoms with Gasteiger partial charge in [0.2, 0.25) is 0 Å². The fourth-order valence-corrected chi connectivity index (χ4v) is 5.01. The number of hydrogen-bond acceptors (Lipinski definition) is 6. The zero-order valence-corrected chi connectivity index (χ0v) is 19.6. The van der Waals surface area contributed by atoms with Gasteiger partial charge < -0.3 is 15.1 Å². The number of anilines is 2. The van der Waals surface area contributed by atoms with Crippen LogP contribution in [0, 0.1) is 5.82 Å². The largest absolute Gasteiger partial charge is 0.354 e. The normalized spacial score (nSPS) is 18.3. The van der Waals surface area contributed by atoms with Gasteiger partial charge in [-0.1, -0.05) is 18.2 Å². The number of hydrogen-bond donors (Lipinski definition) is 1. The van der Waals surface area contributed by atoms with Crippen LogP contribution in [0.25, 0.3) is 17.0 Å². The molecule has 3 aromatic heterocycles. The lowest BCUT2D eigenvalue weighted by atomic mass is 10.0. The van der Waals surface area contributed by atoms with Crippen molar-refractivity contribution < 1.29 is 4.39 Å². The summed E-state index contributed by atoms with van der Waals surface area (Å²) in [4.78, 5) is 14.6. The van der Waals surface area contributed by atoms with Crippen LogP contribution in [0.2, 0.25) is 0 Å². The molecular formula is C25H27ClFN7. The monoisotopic (exact) mass is 479 g/mol. The summed E-state index contributed by atoms with van der Waals surface area (Å²) in [6.45, 7) is 4.63. The second-order valence-electron chi connectivity index (χ2n) is 8.60. The van der Waals surface area contributed by atoms with E-state index in [0.29, 0.717) is 0 Å². The Morgan fingerprint density at radius 2 is 1.79 bits per heavy atom. The third-order valence-electron chi connectivity index (χ3n) is 6.55. The topological polar surface area (TPSA) is 61.6 Å². The van der Waals surface area contributed by atoms with E-state index in [1.165, 1.54) is 6.07 Å². The lowest BCUT2D eigenvalue weighted by Crippen LogP contribution is -2.43. The molecule has 1 atom stereocenters. The Morgan fingerprint density at radius 1 is 0.941 bits per heavy atom. The maximum atomic E-state index is 14.0. The van der Waals surface area contributed by atoms with Crippen LogP contribution in [0.3, 0.4) is 0 Å². The summed E-state index contributed by atoms with van der Waals surface area (Å²) in [6.07, 6.45) is 3.75. The smallest absolute Gasteiger partial charge is 0.159 e. The first-order valence-corrected chi connectivity index (χ1v) is 11.6. The number of aromatic nitrogens is 4. The van der Waals surface area contributed by atoms with Gasteiger partial charge in [0.25, 0.3) is 0 Å². The number of piperazine rings is 1. The Labute approximate surface area is 204 Å². The van der Waals surface area contributed by atoms with Gasteiger partial charge in [0.15, 0.2) is 11.5 Å². The second kappa shape index (κ2) is 9.56. The fourth-order valence-electron chi connectivity index (χ4n) is 5.01. The summed E-state index contributed by atoms with van der Waals surface area (Å²) in [6, 6.07) is 17.0. The lowest BCUT2D eigenvalue weighted by molar-refractivity contribution is 0.585. The zero-order chi connectivity index (χ0) is 22.2. The van der Waals surface area contributed by atoms with Gasteiger partial charge in [-0.25, -0.2) is 18.9 Å². The van der Waals surface area contributed by atoms with E-state index < -0.39 is 0 Å². The maximum Gasteiger partial charge on any atom is 0.159 e. The molecule has 176 valence electrons. The Hall–Kier alpha value is -3.23. The highest BCUT2D eigenvalue weighted by Crippen LogP contribution is 2.40. The number of pyridine rings is 1. The molecular weight excluding hydrogens is 453 g/mol. The summed E-state index contributed by atoms with van der Waals surface area (Å²) in [5, 5.41) is 8.00. The number of fused-ring (bicyclic) bond motifs is 1. The molecule has 0 radical (unpaired) electrons. The first kappa shape index (κ1) is 22.6. The van der Waals surface area contributed by atoms with Gasteiger partial charge in [-0.05, 0) is 54.8 Å². The quantitative estimate of drug-likeness (QED) is 0.475. The summed E-state index contributed by atoms with van der Waals surface area (Å²) in [5.41, 5.74) is 3.48. The van der Waals surface area contributed by atoms with Crippen LogP contribution < -0.4 is 15.1 Å². The van der Waals surface area contributed by atoms with Crippen molar-refractivity contribution in [3.63, 3.8) is 0 Å². The number of rotatable bonds is 4. The molecule has 2 saturated heterocycles. The molecule has 1 unspecified atom stereocenters. The van der Waals surface area contributed by atoms with Crippen molar-refractivity contribution in [3.8, 4) is 11.4 Å². The molecule has 0 bridgehead atoms. The molecule has 2 aliphatic rings. The molecule has 0 spiro atoms. The zero-order valence-electron chi connectivity index (χ0n) is 18.8. The molecule has 0 aliphatic carbocycles. The van der Waals surface area contributed by atoms with Crippen molar-refractivity contribution in [2.45, 2.75) is 18.9 Å². The van der Waals surface area contributed by atoms with Crippen molar-refractivity contribution in [1.82, 2.24) is 24.9 Å². The van der Waals surface area contributed by atoms with Gasteiger partial charge in [-0.15, -0.1) is 12.4 Å². The van der Waals surface area contributed by atoms with Gasteiger partial charge in [0, 0.05) is 38.9 Å². The minimum absolute atomic E-state index is 0. The number of halogens is 2. The van der Waals surface area contributed by atoms with E-state index in [0.717, 1.165) is 79.8 Å². The van der Waals surface area contributed by atoms with Crippen LogP contribution in [0.5, 0.6) is 0 Å². The van der Waals surface area contributed by atoms with E-state index >= 15 is 0 Å². The van der Waals surface area contributed by atoms with Crippen LogP contribution in [-0.4, -0.2) is 52.3 Å². The third kappa shape index (κ3) is 4.08. The molecule has 34 heavy (non-hydrogen) atoms. The van der Waals surface area contributed by atoms with Gasteiger partial charge in [0.1, 0.15) is 17.3 Å². The highest BCUT2D eigenvalue weighted by molar-refractivity contribution is 5.85. The average molecular weight is 480 g/mol. The van der Waals surface area contributed by atoms with Gasteiger partial charge in [-0.3, -0.25) is 0 Å². The number of imidazole rings is 1. The molecule has 4 aromatic rings. The molecule has 6 rings (SSSR count). The summed E-state index contributed by atoms with van der Waals surface area (Å²) < 4.78 is 15.9. The molecule has 0 saturated carbocycles. The molecule has 7 nitrogen and oxygen atoms in total. The molecule has 1 aromatic carbocycles. The van der Waals surface area contributed by atoms with E-state index in [4.69, 9.17) is 9.97 Å². The van der Waals surface area contributed by atoms with Crippen molar-refractivity contribution >= 4 is 29.7 Å². The predicted molar refractivity (Wildman–Crippen MR) is 134 cm³/mol. The Balaban J connectivity index is 0.00000241. The van der Waals surface area contributed by atoms with E-state index in [1.807, 2.05) is 28.8 Å². The molecule has 9 heteroatoms. The molecule has 2 fully saturated rings. The molecule has 5 heterocycles. The van der Waals surface area contributed by atoms with Crippen LogP contribution in [-0.2, 0) is 0 Å². The Morgan fingerprint density at radius 3 is 2.65 bits per heavy atom. The van der Waals surface area contributed by atoms with Gasteiger partial charge >= 0.3 is 0 Å². The number of benzene rings is 1. The Bertz CT molecular complexity index is 1290. The van der Waals surface area contributed by atoms with Crippen LogP contribution in [0.15, 0.2) is 60.8 Å². The number of nitrogens with zero attached hydrogens (tertiary/aromatic N) is 6. The van der Waals surface area contributed by atoms with Crippen molar-refractivity contribution in [2.24, 2.45) is 0 Å². The third-order valence-corrected chi connectivity index (χ3v) is 6.55. The fraction of sp³-hybridized carbons (Fsp3) is 0.320. The lowest BCUT2D eigenvalue weighted by Gasteiger charge is -2.29. The molecule has 1 N–H and O–H groups in total. The summed E-state index contributed by atoms with van der Waals surface area (Å²) in [7, 11) is 0. The minimum Gasteiger partial charge on any atom is -0.354 e. The van der Waals surface area contributed by atoms with E-state index in [2.05, 4.69) is 32.3 Å². The van der Waals surface area contributed by atoms with E-state index in [1.54, 1.807) is 18.3 Å². The van der Waals surface area contributed by atoms with Crippen molar-refractivity contribution in [3.05, 3.63) is 72.2 Å². The highest BCUT2D eigenvalue weighted by Gasteiger charge is 2.32. The van der Waals surface area contributed by atoms with Gasteiger partial charge in [0.05, 0.1) is 11.7 Å². The van der Waals surface area contributed by atoms with Gasteiger partial charge in [-0.2, -0.15) is 5.10 Å². The van der Waals surface area contributed by atoms with Crippen molar-refractivity contribution in [1.29, 1.82) is 0 Å². The van der Waals surface area contributed by atoms with E-state index in [-0.39, 0.29) is 24.3 Å². The highest BCUT2D eigenvalue weighted by atomic mass is 35.5. The van der Waals surface area contributed by atoms with Crippen LogP contribution >= 0.6 is 12.4 Å². The standard InChI is InChI=1S/C25H26FN7.ClH/c26-19-6-1-5-18(17-19)21-8-4-14-32(21)25-24(33-23(30-25)10-3-11-28-33)20-7-2-9-22(29-20)31-15-12-27-13-16-31;/h1-3,5-7,9-11,17,21,27H,4,8,12-16H2;1H. The van der Waals surface area contributed by atoms with Crippen LogP contribution in [0.1, 0.15) is 24.4 Å². The van der Waals surface area contributed by atoms with Crippen LogP contribution in [0.4, 0.5) is 16.0 Å². The second-order valence-corrected chi connectivity index (χ2v) is 8.60. The number of nitrogens with one attached hydrogen (secondary N) is 1. The molecule has 0 amide bonds. The first-order chi connectivity index (χ1) is 16.3. The SMILES string of the molecule is Cl.Fc1cccc(C2CCCN2c2nc3cccnn3c2-c2cccc(N3CCNCC3)n2)c1. The van der Waals surface area contributed by atoms with Crippen molar-refractivity contribution in [2.75, 3.05) is 42.5 Å². The molecule has 2 aliphatic heterocycles. The average Bonchev–Trinajstić information content (AvgIpc) is 3.49. The minimum atomic E-state index is -0.207.